The fourth-order valence-electron chi connectivity index (χ4n) is 0.862. The summed E-state index contributed by atoms with van der Waals surface area (Å²) in [7, 11) is 0. The first-order valence-corrected chi connectivity index (χ1v) is 2.76. The molecule has 9 heavy (non-hydrogen) atoms. The summed E-state index contributed by atoms with van der Waals surface area (Å²) in [6.45, 7) is 4.36. The number of carbonyl (C=O) groups excluding carboxylic acids is 1. The molecule has 0 aromatic carbocycles. The molecule has 1 heterocycles. The zero-order valence-electron chi connectivity index (χ0n) is 5.17. The minimum absolute atomic E-state index is 0. The first-order chi connectivity index (χ1) is 3.84. The van der Waals surface area contributed by atoms with Crippen LogP contribution in [0.25, 0.3) is 0 Å². The van der Waals surface area contributed by atoms with Crippen LogP contribution in [0.2, 0.25) is 0 Å². The molecule has 0 aromatic heterocycles. The van der Waals surface area contributed by atoms with Gasteiger partial charge in [-0.05, 0) is 12.6 Å². The predicted molar refractivity (Wildman–Crippen MR) is 32.5 cm³/mol. The Kier molecular flexibility index (Phi) is 4.04. The van der Waals surface area contributed by atoms with Gasteiger partial charge in [0.05, 0.1) is 0 Å². The fourth-order valence-corrected chi connectivity index (χ4v) is 0.862. The van der Waals surface area contributed by atoms with Crippen molar-refractivity contribution in [2.45, 2.75) is 12.8 Å². The van der Waals surface area contributed by atoms with Crippen molar-refractivity contribution >= 4 is 5.91 Å². The molecule has 52 valence electrons. The maximum atomic E-state index is 10.7. The summed E-state index contributed by atoms with van der Waals surface area (Å²) >= 11 is 0. The van der Waals surface area contributed by atoms with Gasteiger partial charge >= 0.3 is 26.2 Å². The van der Waals surface area contributed by atoms with Crippen molar-refractivity contribution in [3.63, 3.8) is 0 Å². The summed E-state index contributed by atoms with van der Waals surface area (Å²) in [6.07, 6.45) is 3.28. The monoisotopic (exact) mass is 322 g/mol. The molecule has 2 nitrogen and oxygen atoms in total. The second kappa shape index (κ2) is 4.00. The molecule has 3 heteroatoms. The third kappa shape index (κ3) is 2.05. The second-order valence-electron chi connectivity index (χ2n) is 1.87. The molecular weight excluding hydrogens is 312 g/mol. The molecule has 0 saturated carbocycles. The van der Waals surface area contributed by atoms with E-state index < -0.39 is 0 Å². The molecule has 0 aliphatic carbocycles. The third-order valence-corrected chi connectivity index (χ3v) is 1.33. The maximum absolute atomic E-state index is 10.7. The van der Waals surface area contributed by atoms with Gasteiger partial charge < -0.3 is 4.90 Å². The molecule has 1 aliphatic heterocycles. The van der Waals surface area contributed by atoms with Crippen LogP contribution in [0.15, 0.2) is 12.8 Å². The van der Waals surface area contributed by atoms with Gasteiger partial charge in [-0.2, -0.15) is 0 Å². The average molecular weight is 322 g/mol. The van der Waals surface area contributed by atoms with E-state index in [0.717, 1.165) is 13.0 Å². The zero-order valence-corrected chi connectivity index (χ0v) is 8.34. The molecule has 1 aliphatic rings. The predicted octanol–water partition coefficient (Wildman–Crippen LogP) is 0.485. The van der Waals surface area contributed by atoms with Crippen molar-refractivity contribution in [3.05, 3.63) is 12.8 Å². The summed E-state index contributed by atoms with van der Waals surface area (Å²) in [5.41, 5.74) is 0. The van der Waals surface area contributed by atoms with Crippen LogP contribution in [-0.2, 0) is 4.79 Å². The summed E-state index contributed by atoms with van der Waals surface area (Å²) in [6, 6.07) is 0. The molecular formula is C6H10AtNO. The number of hydrogen-bond donors (Lipinski definition) is 0. The van der Waals surface area contributed by atoms with Crippen molar-refractivity contribution < 1.29 is 31.0 Å². The van der Waals surface area contributed by atoms with Gasteiger partial charge in [-0.1, -0.05) is 6.58 Å². The van der Waals surface area contributed by atoms with Gasteiger partial charge in [-0.15, -0.1) is 0 Å². The Bertz CT molecular complexity index is 124. The Labute approximate surface area is 74.0 Å². The molecule has 0 atom stereocenters. The van der Waals surface area contributed by atoms with Crippen molar-refractivity contribution in [1.82, 2.24) is 4.90 Å². The molecule has 0 aromatic rings. The van der Waals surface area contributed by atoms with Crippen molar-refractivity contribution in [3.8, 4) is 0 Å². The van der Waals surface area contributed by atoms with E-state index in [1.165, 1.54) is 0 Å². The molecule has 0 radical (unpaired) electrons. The number of likely N-dealkylation sites (tertiary alicyclic amines) is 1. The summed E-state index contributed by atoms with van der Waals surface area (Å²) < 4.78 is 0. The van der Waals surface area contributed by atoms with Crippen LogP contribution in [0.1, 0.15) is 12.8 Å². The number of amides is 1. The number of rotatable bonds is 1. The van der Waals surface area contributed by atoms with E-state index in [1.54, 1.807) is 11.1 Å². The van der Waals surface area contributed by atoms with Gasteiger partial charge in [0, 0.05) is 13.0 Å². The fraction of sp³-hybridized carbons (Fsp3) is 0.500. The Balaban J connectivity index is 0.000000640. The molecule has 1 rings (SSSR count). The summed E-state index contributed by atoms with van der Waals surface area (Å²) in [5, 5.41) is 0. The summed E-state index contributed by atoms with van der Waals surface area (Å²) in [5.74, 6) is 0.208. The van der Waals surface area contributed by atoms with E-state index >= 15 is 0 Å². The number of nitrogens with zero attached hydrogens (tertiary/aromatic N) is 1. The molecule has 1 fully saturated rings. The van der Waals surface area contributed by atoms with Crippen LogP contribution in [0.5, 0.6) is 0 Å². The van der Waals surface area contributed by atoms with Crippen LogP contribution in [0.4, 0.5) is 0 Å². The molecule has 1 saturated heterocycles. The van der Waals surface area contributed by atoms with E-state index in [1.807, 2.05) is 0 Å². The Hall–Kier alpha value is 0.0931. The van der Waals surface area contributed by atoms with Crippen LogP contribution in [0, 0.1) is 26.2 Å². The van der Waals surface area contributed by atoms with Crippen molar-refractivity contribution in [1.29, 1.82) is 0 Å². The standard InChI is InChI=1S/C6H9NO.AtH/c1-2-7-5-3-4-6(7)8;/h2H,1,3-5H2;1H. The van der Waals surface area contributed by atoms with E-state index in [0.29, 0.717) is 6.42 Å². The van der Waals surface area contributed by atoms with Crippen molar-refractivity contribution in [2.24, 2.45) is 0 Å². The van der Waals surface area contributed by atoms with Crippen LogP contribution in [0.3, 0.4) is 0 Å². The van der Waals surface area contributed by atoms with E-state index in [9.17, 15) is 4.79 Å². The normalized spacial score (nSPS) is 17.3. The molecule has 0 spiro atoms. The van der Waals surface area contributed by atoms with Crippen LogP contribution in [-0.4, -0.2) is 17.4 Å². The van der Waals surface area contributed by atoms with Gasteiger partial charge in [-0.25, -0.2) is 0 Å². The topological polar surface area (TPSA) is 20.3 Å². The number of hydrogen-bond acceptors (Lipinski definition) is 1. The quantitative estimate of drug-likeness (QED) is 0.688. The van der Waals surface area contributed by atoms with Gasteiger partial charge in [0.2, 0.25) is 5.91 Å². The Morgan fingerprint density at radius 2 is 2.33 bits per heavy atom. The average Bonchev–Trinajstić information content (AvgIpc) is 2.14. The molecule has 0 bridgehead atoms. The second-order valence-corrected chi connectivity index (χ2v) is 1.87. The first-order valence-electron chi connectivity index (χ1n) is 2.76. The Morgan fingerprint density at radius 1 is 1.67 bits per heavy atom. The van der Waals surface area contributed by atoms with Crippen molar-refractivity contribution in [2.75, 3.05) is 6.54 Å². The van der Waals surface area contributed by atoms with Crippen LogP contribution < -0.4 is 0 Å². The van der Waals surface area contributed by atoms with Gasteiger partial charge in [-0.3, -0.25) is 4.79 Å². The number of carbonyl (C=O) groups is 1. The third-order valence-electron chi connectivity index (χ3n) is 1.33. The first kappa shape index (κ1) is 9.09. The minimum atomic E-state index is 0. The molecule has 0 unspecified atom stereocenters. The van der Waals surface area contributed by atoms with Crippen LogP contribution >= 0.6 is 0 Å². The van der Waals surface area contributed by atoms with E-state index in [4.69, 9.17) is 0 Å². The SMILES string of the molecule is C=CN1CCCC1=O.[AtH]. The molecule has 1 amide bonds. The molecule has 0 N–H and O–H groups in total. The van der Waals surface area contributed by atoms with E-state index in [2.05, 4.69) is 6.58 Å². The zero-order chi connectivity index (χ0) is 5.98. The van der Waals surface area contributed by atoms with Gasteiger partial charge in [0.25, 0.3) is 0 Å². The van der Waals surface area contributed by atoms with Gasteiger partial charge in [0.15, 0.2) is 0 Å². The summed E-state index contributed by atoms with van der Waals surface area (Å²) in [4.78, 5) is 12.3. The Morgan fingerprint density at radius 3 is 2.56 bits per heavy atom. The van der Waals surface area contributed by atoms with Gasteiger partial charge in [0.1, 0.15) is 0 Å². The van der Waals surface area contributed by atoms with E-state index in [-0.39, 0.29) is 32.1 Å².